The van der Waals surface area contributed by atoms with Crippen molar-refractivity contribution in [1.29, 1.82) is 0 Å². The maximum absolute atomic E-state index is 7.50. The first-order valence-corrected chi connectivity index (χ1v) is 16.6. The SMILES string of the molecule is CC(C)(C)[Si](OC1COCC1N1CCN(c2cc3nc(N)ncc3cc2Cl)CC1)(c1ccccc1)c1ccccc1. The zero-order chi connectivity index (χ0) is 28.6. The molecule has 7 nitrogen and oxygen atoms in total. The number of nitrogens with zero attached hydrogens (tertiary/aromatic N) is 4. The van der Waals surface area contributed by atoms with Gasteiger partial charge in [-0.1, -0.05) is 93.0 Å². The van der Waals surface area contributed by atoms with Crippen molar-refractivity contribution in [3.63, 3.8) is 0 Å². The number of rotatable bonds is 6. The van der Waals surface area contributed by atoms with E-state index in [0.717, 1.165) is 42.8 Å². The fourth-order valence-corrected chi connectivity index (χ4v) is 11.5. The summed E-state index contributed by atoms with van der Waals surface area (Å²) in [6.07, 6.45) is 1.70. The van der Waals surface area contributed by atoms with Crippen LogP contribution in [0.1, 0.15) is 20.8 Å². The molecule has 2 saturated heterocycles. The molecule has 2 fully saturated rings. The molecule has 3 heterocycles. The smallest absolute Gasteiger partial charge is 0.261 e. The molecule has 6 rings (SSSR count). The fourth-order valence-electron chi connectivity index (χ4n) is 6.49. The third kappa shape index (κ3) is 5.35. The molecule has 2 unspecified atom stereocenters. The molecule has 1 aromatic heterocycles. The van der Waals surface area contributed by atoms with Crippen LogP contribution in [0, 0.1) is 0 Å². The summed E-state index contributed by atoms with van der Waals surface area (Å²) in [6.45, 7) is 11.8. The molecule has 0 amide bonds. The highest BCUT2D eigenvalue weighted by molar-refractivity contribution is 6.99. The number of benzene rings is 3. The highest BCUT2D eigenvalue weighted by Crippen LogP contribution is 2.39. The van der Waals surface area contributed by atoms with Crippen molar-refractivity contribution < 1.29 is 9.16 Å². The minimum atomic E-state index is -2.68. The molecule has 0 saturated carbocycles. The molecule has 2 aliphatic rings. The van der Waals surface area contributed by atoms with Gasteiger partial charge in [0, 0.05) is 37.8 Å². The number of hydrogen-bond acceptors (Lipinski definition) is 7. The average Bonchev–Trinajstić information content (AvgIpc) is 3.44. The highest BCUT2D eigenvalue weighted by Gasteiger charge is 2.53. The van der Waals surface area contributed by atoms with Crippen LogP contribution in [-0.4, -0.2) is 74.7 Å². The van der Waals surface area contributed by atoms with Gasteiger partial charge in [0.25, 0.3) is 8.32 Å². The summed E-state index contributed by atoms with van der Waals surface area (Å²) in [5, 5.41) is 4.10. The van der Waals surface area contributed by atoms with Crippen molar-refractivity contribution in [3.8, 4) is 0 Å². The molecule has 9 heteroatoms. The van der Waals surface area contributed by atoms with Crippen LogP contribution in [0.3, 0.4) is 0 Å². The van der Waals surface area contributed by atoms with Crippen LogP contribution in [-0.2, 0) is 9.16 Å². The molecule has 0 spiro atoms. The van der Waals surface area contributed by atoms with Crippen molar-refractivity contribution in [2.45, 2.75) is 38.0 Å². The molecule has 3 aromatic carbocycles. The Balaban J connectivity index is 1.25. The maximum Gasteiger partial charge on any atom is 0.261 e. The van der Waals surface area contributed by atoms with Gasteiger partial charge in [0.1, 0.15) is 0 Å². The van der Waals surface area contributed by atoms with Gasteiger partial charge in [-0.3, -0.25) is 4.90 Å². The lowest BCUT2D eigenvalue weighted by molar-refractivity contribution is 0.0883. The number of nitrogens with two attached hydrogens (primary N) is 1. The predicted octanol–water partition coefficient (Wildman–Crippen LogP) is 4.33. The summed E-state index contributed by atoms with van der Waals surface area (Å²) in [5.41, 5.74) is 7.63. The van der Waals surface area contributed by atoms with Crippen LogP contribution in [0.2, 0.25) is 10.1 Å². The van der Waals surface area contributed by atoms with Gasteiger partial charge in [-0.15, -0.1) is 0 Å². The number of aromatic nitrogens is 2. The Morgan fingerprint density at radius 1 is 0.927 bits per heavy atom. The molecular formula is C32H38ClN5O2Si. The van der Waals surface area contributed by atoms with Crippen LogP contribution in [0.5, 0.6) is 0 Å². The topological polar surface area (TPSA) is 76.7 Å². The van der Waals surface area contributed by atoms with Gasteiger partial charge in [-0.25, -0.2) is 9.97 Å². The zero-order valence-corrected chi connectivity index (χ0v) is 25.7. The Labute approximate surface area is 248 Å². The number of fused-ring (bicyclic) bond motifs is 1. The molecule has 0 radical (unpaired) electrons. The normalized spacial score (nSPS) is 20.5. The van der Waals surface area contributed by atoms with Gasteiger partial charge < -0.3 is 19.8 Å². The minimum absolute atomic E-state index is 0.0169. The van der Waals surface area contributed by atoms with E-state index in [-0.39, 0.29) is 23.1 Å². The van der Waals surface area contributed by atoms with Crippen LogP contribution in [0.25, 0.3) is 10.9 Å². The van der Waals surface area contributed by atoms with Gasteiger partial charge in [0.05, 0.1) is 41.6 Å². The lowest BCUT2D eigenvalue weighted by Crippen LogP contribution is -2.69. The third-order valence-corrected chi connectivity index (χ3v) is 13.9. The van der Waals surface area contributed by atoms with Crippen molar-refractivity contribution in [2.75, 3.05) is 50.0 Å². The molecule has 0 bridgehead atoms. The summed E-state index contributed by atoms with van der Waals surface area (Å²) in [6, 6.07) is 25.9. The quantitative estimate of drug-likeness (QED) is 0.337. The molecule has 4 aromatic rings. The lowest BCUT2D eigenvalue weighted by atomic mass is 10.1. The Morgan fingerprint density at radius 3 is 2.17 bits per heavy atom. The van der Waals surface area contributed by atoms with Crippen LogP contribution < -0.4 is 21.0 Å². The number of halogens is 1. The summed E-state index contributed by atoms with van der Waals surface area (Å²) >= 11 is 6.72. The molecule has 214 valence electrons. The standard InChI is InChI=1S/C32H38ClN5O2Si/c1-32(2,3)41(24-10-6-4-7-11-24,25-12-8-5-9-13-25)40-30-22-39-21-29(30)38-16-14-37(15-17-38)28-19-27-23(18-26(28)33)20-35-31(34)36-27/h4-13,18-20,29-30H,14-17,21-22H2,1-3H3,(H2,34,35,36). The summed E-state index contributed by atoms with van der Waals surface area (Å²) in [5.74, 6) is 0.267. The first-order chi connectivity index (χ1) is 19.8. The van der Waals surface area contributed by atoms with E-state index in [1.807, 2.05) is 12.1 Å². The van der Waals surface area contributed by atoms with Gasteiger partial charge in [-0.05, 0) is 27.5 Å². The number of nitrogen functional groups attached to an aromatic ring is 1. The van der Waals surface area contributed by atoms with E-state index in [0.29, 0.717) is 18.2 Å². The fraction of sp³-hybridized carbons (Fsp3) is 0.375. The summed E-state index contributed by atoms with van der Waals surface area (Å²) in [7, 11) is -2.68. The number of piperazine rings is 1. The van der Waals surface area contributed by atoms with Crippen molar-refractivity contribution in [1.82, 2.24) is 14.9 Å². The van der Waals surface area contributed by atoms with E-state index in [1.165, 1.54) is 10.4 Å². The van der Waals surface area contributed by atoms with Crippen molar-refractivity contribution >= 4 is 52.8 Å². The minimum Gasteiger partial charge on any atom is -0.400 e. The van der Waals surface area contributed by atoms with Crippen LogP contribution in [0.4, 0.5) is 11.6 Å². The van der Waals surface area contributed by atoms with Gasteiger partial charge in [0.2, 0.25) is 5.95 Å². The maximum atomic E-state index is 7.50. The van der Waals surface area contributed by atoms with E-state index in [2.05, 4.69) is 101 Å². The highest BCUT2D eigenvalue weighted by atomic mass is 35.5. The van der Waals surface area contributed by atoms with Gasteiger partial charge in [-0.2, -0.15) is 0 Å². The lowest BCUT2D eigenvalue weighted by Gasteiger charge is -2.47. The van der Waals surface area contributed by atoms with E-state index in [4.69, 9.17) is 26.5 Å². The Kier molecular flexibility index (Phi) is 7.78. The predicted molar refractivity (Wildman–Crippen MR) is 170 cm³/mol. The Morgan fingerprint density at radius 2 is 1.56 bits per heavy atom. The van der Waals surface area contributed by atoms with E-state index in [9.17, 15) is 0 Å². The van der Waals surface area contributed by atoms with Crippen LogP contribution >= 0.6 is 11.6 Å². The number of anilines is 2. The van der Waals surface area contributed by atoms with Gasteiger partial charge >= 0.3 is 0 Å². The first-order valence-electron chi connectivity index (χ1n) is 14.3. The Hall–Kier alpha value is -3.01. The zero-order valence-electron chi connectivity index (χ0n) is 24.0. The second-order valence-electron chi connectivity index (χ2n) is 12.0. The van der Waals surface area contributed by atoms with Crippen LogP contribution in [0.15, 0.2) is 79.0 Å². The molecular weight excluding hydrogens is 550 g/mol. The van der Waals surface area contributed by atoms with E-state index in [1.54, 1.807) is 6.20 Å². The second-order valence-corrected chi connectivity index (χ2v) is 16.7. The molecule has 0 aliphatic carbocycles. The molecule has 41 heavy (non-hydrogen) atoms. The summed E-state index contributed by atoms with van der Waals surface area (Å²) < 4.78 is 13.6. The Bertz CT molecular complexity index is 1450. The van der Waals surface area contributed by atoms with Crippen molar-refractivity contribution in [3.05, 3.63) is 84.0 Å². The monoisotopic (exact) mass is 587 g/mol. The second kappa shape index (κ2) is 11.3. The van der Waals surface area contributed by atoms with E-state index < -0.39 is 8.32 Å². The largest absolute Gasteiger partial charge is 0.400 e. The van der Waals surface area contributed by atoms with E-state index >= 15 is 0 Å². The molecule has 2 N–H and O–H groups in total. The average molecular weight is 588 g/mol. The number of hydrogen-bond donors (Lipinski definition) is 1. The molecule has 2 atom stereocenters. The third-order valence-electron chi connectivity index (χ3n) is 8.54. The van der Waals surface area contributed by atoms with Crippen molar-refractivity contribution in [2.24, 2.45) is 0 Å². The molecule has 2 aliphatic heterocycles. The summed E-state index contributed by atoms with van der Waals surface area (Å²) in [4.78, 5) is 13.4. The first kappa shape index (κ1) is 28.1. The number of ether oxygens (including phenoxy) is 1. The van der Waals surface area contributed by atoms with Gasteiger partial charge in [0.15, 0.2) is 0 Å².